The fourth-order valence-corrected chi connectivity index (χ4v) is 2.95. The molecule has 0 aromatic carbocycles. The summed E-state index contributed by atoms with van der Waals surface area (Å²) in [4.78, 5) is 4.41. The maximum atomic E-state index is 4.41. The van der Waals surface area contributed by atoms with E-state index in [0.29, 0.717) is 0 Å². The summed E-state index contributed by atoms with van der Waals surface area (Å²) in [6, 6.07) is 4.25. The van der Waals surface area contributed by atoms with E-state index in [-0.39, 0.29) is 0 Å². The molecule has 2 nitrogen and oxygen atoms in total. The first-order valence-corrected chi connectivity index (χ1v) is 7.36. The molecule has 0 aliphatic heterocycles. The van der Waals surface area contributed by atoms with Crippen molar-refractivity contribution in [3.8, 4) is 0 Å². The minimum absolute atomic E-state index is 0.905. The highest BCUT2D eigenvalue weighted by Crippen LogP contribution is 2.30. The van der Waals surface area contributed by atoms with Crippen LogP contribution in [0.4, 0.5) is 0 Å². The van der Waals surface area contributed by atoms with E-state index in [2.05, 4.69) is 36.3 Å². The second kappa shape index (κ2) is 6.89. The first-order valence-electron chi connectivity index (χ1n) is 7.36. The van der Waals surface area contributed by atoms with E-state index in [1.165, 1.54) is 37.7 Å². The number of rotatable bonds is 5. The van der Waals surface area contributed by atoms with Crippen molar-refractivity contribution < 1.29 is 0 Å². The topological polar surface area (TPSA) is 24.9 Å². The van der Waals surface area contributed by atoms with Gasteiger partial charge in [-0.05, 0) is 49.8 Å². The van der Waals surface area contributed by atoms with E-state index >= 15 is 0 Å². The van der Waals surface area contributed by atoms with Crippen molar-refractivity contribution >= 4 is 0 Å². The number of nitrogens with one attached hydrogen (secondary N) is 1. The van der Waals surface area contributed by atoms with E-state index in [4.69, 9.17) is 0 Å². The van der Waals surface area contributed by atoms with Crippen LogP contribution in [0, 0.1) is 18.8 Å². The molecule has 0 bridgehead atoms. The molecule has 0 saturated heterocycles. The van der Waals surface area contributed by atoms with Gasteiger partial charge in [0.25, 0.3) is 0 Å². The van der Waals surface area contributed by atoms with E-state index in [0.717, 1.165) is 30.6 Å². The van der Waals surface area contributed by atoms with Crippen LogP contribution >= 0.6 is 0 Å². The molecule has 1 aliphatic rings. The predicted octanol–water partition coefficient (Wildman–Crippen LogP) is 3.70. The van der Waals surface area contributed by atoms with Crippen molar-refractivity contribution in [2.24, 2.45) is 11.8 Å². The quantitative estimate of drug-likeness (QED) is 0.801. The highest BCUT2D eigenvalue weighted by molar-refractivity contribution is 5.11. The van der Waals surface area contributed by atoms with Gasteiger partial charge in [0.1, 0.15) is 0 Å². The molecule has 1 fully saturated rings. The zero-order valence-corrected chi connectivity index (χ0v) is 11.8. The molecule has 0 amide bonds. The summed E-state index contributed by atoms with van der Waals surface area (Å²) in [6.07, 6.45) is 9.03. The van der Waals surface area contributed by atoms with Crippen LogP contribution in [-0.2, 0) is 6.54 Å². The normalized spacial score (nSPS) is 24.1. The molecule has 1 N–H and O–H groups in total. The number of hydrogen-bond donors (Lipinski definition) is 1. The molecule has 1 heterocycles. The van der Waals surface area contributed by atoms with Crippen molar-refractivity contribution in [2.45, 2.75) is 52.5 Å². The highest BCUT2D eigenvalue weighted by atomic mass is 14.9. The van der Waals surface area contributed by atoms with Gasteiger partial charge in [-0.1, -0.05) is 32.3 Å². The maximum Gasteiger partial charge on any atom is 0.0541 e. The Morgan fingerprint density at radius 1 is 1.33 bits per heavy atom. The third kappa shape index (κ3) is 4.41. The standard InChI is InChI=1S/C16H26N2/c1-13-4-3-5-15(10-13)8-9-17-12-16-7-6-14(2)11-18-16/h6-7,11,13,15,17H,3-5,8-10,12H2,1-2H3. The van der Waals surface area contributed by atoms with Crippen molar-refractivity contribution in [2.75, 3.05) is 6.54 Å². The van der Waals surface area contributed by atoms with Crippen molar-refractivity contribution in [1.29, 1.82) is 0 Å². The van der Waals surface area contributed by atoms with Crippen molar-refractivity contribution in [3.63, 3.8) is 0 Å². The van der Waals surface area contributed by atoms with E-state index < -0.39 is 0 Å². The van der Waals surface area contributed by atoms with Crippen LogP contribution in [-0.4, -0.2) is 11.5 Å². The third-order valence-corrected chi connectivity index (χ3v) is 4.05. The van der Waals surface area contributed by atoms with Crippen molar-refractivity contribution in [1.82, 2.24) is 10.3 Å². The van der Waals surface area contributed by atoms with Gasteiger partial charge in [0.2, 0.25) is 0 Å². The molecule has 2 unspecified atom stereocenters. The van der Waals surface area contributed by atoms with Gasteiger partial charge in [-0.2, -0.15) is 0 Å². The van der Waals surface area contributed by atoms with Crippen LogP contribution in [0.5, 0.6) is 0 Å². The maximum absolute atomic E-state index is 4.41. The van der Waals surface area contributed by atoms with Gasteiger partial charge in [0, 0.05) is 12.7 Å². The highest BCUT2D eigenvalue weighted by Gasteiger charge is 2.17. The molecular formula is C16H26N2. The molecule has 2 rings (SSSR count). The number of nitrogens with zero attached hydrogens (tertiary/aromatic N) is 1. The molecule has 1 aromatic heterocycles. The number of pyridine rings is 1. The summed E-state index contributed by atoms with van der Waals surface area (Å²) in [7, 11) is 0. The summed E-state index contributed by atoms with van der Waals surface area (Å²) in [6.45, 7) is 6.51. The monoisotopic (exact) mass is 246 g/mol. The minimum Gasteiger partial charge on any atom is -0.311 e. The lowest BCUT2D eigenvalue weighted by molar-refractivity contribution is 0.267. The van der Waals surface area contributed by atoms with Gasteiger partial charge in [-0.15, -0.1) is 0 Å². The zero-order chi connectivity index (χ0) is 12.8. The number of hydrogen-bond acceptors (Lipinski definition) is 2. The van der Waals surface area contributed by atoms with Gasteiger partial charge in [0.05, 0.1) is 5.69 Å². The Morgan fingerprint density at radius 2 is 2.22 bits per heavy atom. The Hall–Kier alpha value is -0.890. The fraction of sp³-hybridized carbons (Fsp3) is 0.688. The smallest absolute Gasteiger partial charge is 0.0541 e. The molecule has 18 heavy (non-hydrogen) atoms. The van der Waals surface area contributed by atoms with Gasteiger partial charge >= 0.3 is 0 Å². The first kappa shape index (κ1) is 13.5. The molecule has 1 aliphatic carbocycles. The first-order chi connectivity index (χ1) is 8.74. The summed E-state index contributed by atoms with van der Waals surface area (Å²) >= 11 is 0. The number of aryl methyl sites for hydroxylation is 1. The van der Waals surface area contributed by atoms with E-state index in [9.17, 15) is 0 Å². The minimum atomic E-state index is 0.905. The summed E-state index contributed by atoms with van der Waals surface area (Å²) in [5.74, 6) is 1.90. The predicted molar refractivity (Wildman–Crippen MR) is 76.4 cm³/mol. The Labute approximate surface area is 111 Å². The average molecular weight is 246 g/mol. The van der Waals surface area contributed by atoms with Crippen molar-refractivity contribution in [3.05, 3.63) is 29.6 Å². The second-order valence-electron chi connectivity index (χ2n) is 5.93. The Kier molecular flexibility index (Phi) is 5.18. The molecule has 0 radical (unpaired) electrons. The average Bonchev–Trinajstić information content (AvgIpc) is 2.37. The zero-order valence-electron chi connectivity index (χ0n) is 11.8. The summed E-state index contributed by atoms with van der Waals surface area (Å²) in [5.41, 5.74) is 2.38. The lowest BCUT2D eigenvalue weighted by atomic mass is 9.81. The fourth-order valence-electron chi connectivity index (χ4n) is 2.95. The molecule has 1 aromatic rings. The molecule has 0 spiro atoms. The number of aromatic nitrogens is 1. The summed E-state index contributed by atoms with van der Waals surface area (Å²) in [5, 5.41) is 3.52. The largest absolute Gasteiger partial charge is 0.311 e. The van der Waals surface area contributed by atoms with Crippen LogP contribution in [0.15, 0.2) is 18.3 Å². The molecule has 2 atom stereocenters. The Bertz CT molecular complexity index is 345. The van der Waals surface area contributed by atoms with Crippen LogP contribution < -0.4 is 5.32 Å². The Balaban J connectivity index is 1.62. The van der Waals surface area contributed by atoms with E-state index in [1.807, 2.05) is 6.20 Å². The molecule has 2 heteroatoms. The van der Waals surface area contributed by atoms with Crippen LogP contribution in [0.25, 0.3) is 0 Å². The lowest BCUT2D eigenvalue weighted by Gasteiger charge is -2.26. The Morgan fingerprint density at radius 3 is 2.94 bits per heavy atom. The SMILES string of the molecule is Cc1ccc(CNCCC2CCCC(C)C2)nc1. The third-order valence-electron chi connectivity index (χ3n) is 4.05. The molecule has 100 valence electrons. The van der Waals surface area contributed by atoms with Gasteiger partial charge < -0.3 is 5.32 Å². The molecular weight excluding hydrogens is 220 g/mol. The van der Waals surface area contributed by atoms with Gasteiger partial charge in [0.15, 0.2) is 0 Å². The lowest BCUT2D eigenvalue weighted by Crippen LogP contribution is -2.21. The van der Waals surface area contributed by atoms with Gasteiger partial charge in [-0.3, -0.25) is 4.98 Å². The second-order valence-corrected chi connectivity index (χ2v) is 5.93. The summed E-state index contributed by atoms with van der Waals surface area (Å²) < 4.78 is 0. The van der Waals surface area contributed by atoms with E-state index in [1.54, 1.807) is 0 Å². The van der Waals surface area contributed by atoms with Crippen LogP contribution in [0.2, 0.25) is 0 Å². The van der Waals surface area contributed by atoms with Crippen LogP contribution in [0.1, 0.15) is 50.3 Å². The van der Waals surface area contributed by atoms with Crippen LogP contribution in [0.3, 0.4) is 0 Å². The molecule has 1 saturated carbocycles. The van der Waals surface area contributed by atoms with Gasteiger partial charge in [-0.25, -0.2) is 0 Å².